The predicted octanol–water partition coefficient (Wildman–Crippen LogP) is 4.87. The first-order valence-electron chi connectivity index (χ1n) is 8.76. The average molecular weight is 379 g/mol. The number of aliphatic carboxylic acids is 1. The summed E-state index contributed by atoms with van der Waals surface area (Å²) in [6.45, 7) is 0. The predicted molar refractivity (Wildman–Crippen MR) is 106 cm³/mol. The van der Waals surface area contributed by atoms with Gasteiger partial charge in [0.1, 0.15) is 17.7 Å². The molecular weight excluding hydrogens is 360 g/mol. The Balaban J connectivity index is 2.18. The second-order valence-electron chi connectivity index (χ2n) is 6.33. The summed E-state index contributed by atoms with van der Waals surface area (Å²) in [6.07, 6.45) is 1.60. The van der Waals surface area contributed by atoms with Crippen LogP contribution in [0.5, 0.6) is 0 Å². The molecule has 3 N–H and O–H groups in total. The number of benzene rings is 3. The Kier molecular flexibility index (Phi) is 5.96. The molecule has 0 amide bonds. The number of rotatable bonds is 6. The summed E-state index contributed by atoms with van der Waals surface area (Å²) < 4.78 is 28.0. The highest BCUT2D eigenvalue weighted by molar-refractivity contribution is 5.89. The third kappa shape index (κ3) is 4.32. The minimum absolute atomic E-state index is 0.00457. The van der Waals surface area contributed by atoms with Gasteiger partial charge >= 0.3 is 5.97 Å². The van der Waals surface area contributed by atoms with Crippen molar-refractivity contribution in [3.8, 4) is 11.1 Å². The lowest BCUT2D eigenvalue weighted by Crippen LogP contribution is -2.29. The first kappa shape index (κ1) is 19.5. The second kappa shape index (κ2) is 8.59. The molecule has 3 nitrogen and oxygen atoms in total. The Morgan fingerprint density at radius 1 is 0.964 bits per heavy atom. The summed E-state index contributed by atoms with van der Waals surface area (Å²) in [5, 5.41) is 9.08. The van der Waals surface area contributed by atoms with Crippen molar-refractivity contribution in [2.75, 3.05) is 0 Å². The fraction of sp³-hybridized carbons (Fsp3) is 0.0870. The maximum atomic E-state index is 14.6. The van der Waals surface area contributed by atoms with Gasteiger partial charge in [-0.2, -0.15) is 0 Å². The van der Waals surface area contributed by atoms with Crippen molar-refractivity contribution in [2.45, 2.75) is 12.5 Å². The summed E-state index contributed by atoms with van der Waals surface area (Å²) in [4.78, 5) is 11.1. The fourth-order valence-electron chi connectivity index (χ4n) is 3.01. The summed E-state index contributed by atoms with van der Waals surface area (Å²) in [7, 11) is 0. The smallest absolute Gasteiger partial charge is 0.320 e. The molecule has 0 aliphatic rings. The van der Waals surface area contributed by atoms with Crippen LogP contribution in [0.25, 0.3) is 16.7 Å². The molecular formula is C23H19F2NO2. The van der Waals surface area contributed by atoms with Crippen molar-refractivity contribution < 1.29 is 18.7 Å². The van der Waals surface area contributed by atoms with Crippen LogP contribution in [0.1, 0.15) is 17.5 Å². The Hall–Kier alpha value is -3.31. The lowest BCUT2D eigenvalue weighted by atomic mass is 9.89. The summed E-state index contributed by atoms with van der Waals surface area (Å²) >= 11 is 0. The standard InChI is InChI=1S/C23H19F2NO2/c24-16-10-11-20(21(25)14-16)19(12-13-22(26)23(27)28)18-9-5-4-8-17(18)15-6-2-1-3-7-15/h1-12,14,22H,13,26H2,(H,27,28)/b19-12+. The van der Waals surface area contributed by atoms with Gasteiger partial charge in [-0.1, -0.05) is 60.7 Å². The fourth-order valence-corrected chi connectivity index (χ4v) is 3.01. The number of halogens is 2. The van der Waals surface area contributed by atoms with Crippen LogP contribution in [-0.2, 0) is 4.79 Å². The van der Waals surface area contributed by atoms with E-state index in [0.29, 0.717) is 11.1 Å². The summed E-state index contributed by atoms with van der Waals surface area (Å²) in [5.74, 6) is -2.55. The van der Waals surface area contributed by atoms with Gasteiger partial charge in [-0.05, 0) is 40.8 Å². The van der Waals surface area contributed by atoms with Gasteiger partial charge in [0.15, 0.2) is 0 Å². The average Bonchev–Trinajstić information content (AvgIpc) is 2.70. The molecule has 0 saturated carbocycles. The van der Waals surface area contributed by atoms with Gasteiger partial charge in [-0.15, -0.1) is 0 Å². The van der Waals surface area contributed by atoms with Crippen molar-refractivity contribution >= 4 is 11.5 Å². The van der Waals surface area contributed by atoms with E-state index in [1.54, 1.807) is 6.08 Å². The maximum Gasteiger partial charge on any atom is 0.320 e. The summed E-state index contributed by atoms with van der Waals surface area (Å²) in [5.41, 5.74) is 8.76. The van der Waals surface area contributed by atoms with E-state index in [0.717, 1.165) is 17.2 Å². The van der Waals surface area contributed by atoms with Crippen LogP contribution in [-0.4, -0.2) is 17.1 Å². The van der Waals surface area contributed by atoms with Crippen LogP contribution in [0.15, 0.2) is 78.9 Å². The van der Waals surface area contributed by atoms with Gasteiger partial charge in [0, 0.05) is 11.6 Å². The van der Waals surface area contributed by atoms with E-state index < -0.39 is 23.6 Å². The molecule has 0 fully saturated rings. The lowest BCUT2D eigenvalue weighted by molar-refractivity contribution is -0.138. The normalized spacial score (nSPS) is 12.6. The molecule has 1 atom stereocenters. The Labute approximate surface area is 161 Å². The largest absolute Gasteiger partial charge is 0.480 e. The Bertz CT molecular complexity index is 1020. The van der Waals surface area contributed by atoms with Gasteiger partial charge < -0.3 is 10.8 Å². The number of carboxylic acids is 1. The van der Waals surface area contributed by atoms with E-state index >= 15 is 0 Å². The van der Waals surface area contributed by atoms with Gasteiger partial charge in [-0.3, -0.25) is 4.79 Å². The summed E-state index contributed by atoms with van der Waals surface area (Å²) in [6, 6.07) is 19.2. The van der Waals surface area contributed by atoms with Gasteiger partial charge in [0.25, 0.3) is 0 Å². The molecule has 0 radical (unpaired) electrons. The van der Waals surface area contributed by atoms with Crippen LogP contribution < -0.4 is 5.73 Å². The van der Waals surface area contributed by atoms with E-state index in [1.807, 2.05) is 54.6 Å². The highest BCUT2D eigenvalue weighted by atomic mass is 19.1. The van der Waals surface area contributed by atoms with Crippen molar-refractivity contribution in [1.29, 1.82) is 0 Å². The van der Waals surface area contributed by atoms with E-state index in [2.05, 4.69) is 0 Å². The molecule has 0 aliphatic heterocycles. The first-order chi connectivity index (χ1) is 13.5. The molecule has 0 heterocycles. The number of nitrogens with two attached hydrogens (primary N) is 1. The number of hydrogen-bond donors (Lipinski definition) is 2. The highest BCUT2D eigenvalue weighted by Crippen LogP contribution is 2.34. The minimum atomic E-state index is -1.15. The van der Waals surface area contributed by atoms with E-state index in [4.69, 9.17) is 10.8 Å². The SMILES string of the molecule is NC(C/C=C(/c1ccc(F)cc1F)c1ccccc1-c1ccccc1)C(=O)O. The quantitative estimate of drug-likeness (QED) is 0.643. The Morgan fingerprint density at radius 2 is 1.64 bits per heavy atom. The third-order valence-electron chi connectivity index (χ3n) is 4.42. The van der Waals surface area contributed by atoms with E-state index in [9.17, 15) is 13.6 Å². The van der Waals surface area contributed by atoms with E-state index in [1.165, 1.54) is 12.1 Å². The van der Waals surface area contributed by atoms with Crippen molar-refractivity contribution in [2.24, 2.45) is 5.73 Å². The lowest BCUT2D eigenvalue weighted by Gasteiger charge is -2.16. The molecule has 3 aromatic rings. The molecule has 5 heteroatoms. The zero-order valence-corrected chi connectivity index (χ0v) is 15.0. The molecule has 0 spiro atoms. The van der Waals surface area contributed by atoms with Crippen molar-refractivity contribution in [1.82, 2.24) is 0 Å². The van der Waals surface area contributed by atoms with Crippen LogP contribution in [0, 0.1) is 11.6 Å². The highest BCUT2D eigenvalue weighted by Gasteiger charge is 2.17. The van der Waals surface area contributed by atoms with Gasteiger partial charge in [0.05, 0.1) is 0 Å². The molecule has 0 saturated heterocycles. The molecule has 1 unspecified atom stereocenters. The van der Waals surface area contributed by atoms with E-state index in [-0.39, 0.29) is 12.0 Å². The third-order valence-corrected chi connectivity index (χ3v) is 4.42. The van der Waals surface area contributed by atoms with Crippen LogP contribution in [0.4, 0.5) is 8.78 Å². The van der Waals surface area contributed by atoms with Crippen molar-refractivity contribution in [3.05, 3.63) is 102 Å². The first-order valence-corrected chi connectivity index (χ1v) is 8.76. The number of carboxylic acid groups (broad SMARTS) is 1. The molecule has 28 heavy (non-hydrogen) atoms. The monoisotopic (exact) mass is 379 g/mol. The molecule has 0 aliphatic carbocycles. The molecule has 3 aromatic carbocycles. The molecule has 0 bridgehead atoms. The number of carbonyl (C=O) groups is 1. The Morgan fingerprint density at radius 3 is 2.32 bits per heavy atom. The van der Waals surface area contributed by atoms with Gasteiger partial charge in [0.2, 0.25) is 0 Å². The zero-order chi connectivity index (χ0) is 20.1. The van der Waals surface area contributed by atoms with Gasteiger partial charge in [-0.25, -0.2) is 8.78 Å². The molecule has 142 valence electrons. The number of hydrogen-bond acceptors (Lipinski definition) is 2. The topological polar surface area (TPSA) is 63.3 Å². The van der Waals surface area contributed by atoms with Crippen LogP contribution in [0.3, 0.4) is 0 Å². The van der Waals surface area contributed by atoms with Crippen LogP contribution in [0.2, 0.25) is 0 Å². The zero-order valence-electron chi connectivity index (χ0n) is 15.0. The van der Waals surface area contributed by atoms with Crippen molar-refractivity contribution in [3.63, 3.8) is 0 Å². The molecule has 3 rings (SSSR count). The molecule has 0 aromatic heterocycles. The minimum Gasteiger partial charge on any atom is -0.480 e. The van der Waals surface area contributed by atoms with Crippen LogP contribution >= 0.6 is 0 Å². The maximum absolute atomic E-state index is 14.6. The second-order valence-corrected chi connectivity index (χ2v) is 6.33.